The third-order valence-corrected chi connectivity index (χ3v) is 7.11. The molecule has 1 aromatic heterocycles. The molecule has 1 atom stereocenters. The van der Waals surface area contributed by atoms with Crippen LogP contribution in [-0.2, 0) is 4.79 Å². The summed E-state index contributed by atoms with van der Waals surface area (Å²) < 4.78 is 0. The average Bonchev–Trinajstić information content (AvgIpc) is 3.11. The van der Waals surface area contributed by atoms with Crippen molar-refractivity contribution in [1.29, 1.82) is 0 Å². The number of rotatable bonds is 6. The predicted molar refractivity (Wildman–Crippen MR) is 107 cm³/mol. The molecule has 1 spiro atoms. The second kappa shape index (κ2) is 8.13. The molecule has 1 unspecified atom stereocenters. The Hall–Kier alpha value is -1.69. The molecule has 4 rings (SSSR count). The van der Waals surface area contributed by atoms with Crippen LogP contribution in [0.4, 0.5) is 5.95 Å². The zero-order chi connectivity index (χ0) is 18.7. The molecule has 1 saturated heterocycles. The van der Waals surface area contributed by atoms with Gasteiger partial charge in [0.1, 0.15) is 0 Å². The van der Waals surface area contributed by atoms with Crippen LogP contribution in [0.3, 0.4) is 0 Å². The topological polar surface area (TPSA) is 61.4 Å². The van der Waals surface area contributed by atoms with E-state index in [4.69, 9.17) is 0 Å². The molecule has 27 heavy (non-hydrogen) atoms. The quantitative estimate of drug-likeness (QED) is 0.832. The number of anilines is 1. The number of amides is 1. The van der Waals surface area contributed by atoms with Crippen molar-refractivity contribution < 1.29 is 4.79 Å². The van der Waals surface area contributed by atoms with Crippen molar-refractivity contribution in [3.8, 4) is 0 Å². The molecule has 148 valence electrons. The van der Waals surface area contributed by atoms with Crippen molar-refractivity contribution in [2.75, 3.05) is 38.1 Å². The Morgan fingerprint density at radius 2 is 1.96 bits per heavy atom. The summed E-state index contributed by atoms with van der Waals surface area (Å²) in [5, 5.41) is 3.24. The third-order valence-electron chi connectivity index (χ3n) is 7.11. The van der Waals surface area contributed by atoms with E-state index in [0.29, 0.717) is 6.04 Å². The van der Waals surface area contributed by atoms with Gasteiger partial charge in [-0.15, -0.1) is 0 Å². The van der Waals surface area contributed by atoms with Gasteiger partial charge in [0.25, 0.3) is 0 Å². The molecule has 2 saturated carbocycles. The molecule has 6 heteroatoms. The number of carbonyl (C=O) groups excluding carboxylic acids is 1. The maximum Gasteiger partial charge on any atom is 0.225 e. The summed E-state index contributed by atoms with van der Waals surface area (Å²) in [6, 6.07) is 2.54. The number of aromatic nitrogens is 2. The predicted octanol–water partition coefficient (Wildman–Crippen LogP) is 2.46. The van der Waals surface area contributed by atoms with E-state index < -0.39 is 0 Å². The Labute approximate surface area is 162 Å². The van der Waals surface area contributed by atoms with Gasteiger partial charge in [0.2, 0.25) is 11.9 Å². The smallest absolute Gasteiger partial charge is 0.225 e. The van der Waals surface area contributed by atoms with Gasteiger partial charge < -0.3 is 15.1 Å². The lowest BCUT2D eigenvalue weighted by Crippen LogP contribution is -2.47. The van der Waals surface area contributed by atoms with E-state index in [1.54, 1.807) is 12.4 Å². The van der Waals surface area contributed by atoms with Gasteiger partial charge in [-0.1, -0.05) is 25.7 Å². The van der Waals surface area contributed by atoms with Crippen molar-refractivity contribution in [2.24, 2.45) is 11.3 Å². The third kappa shape index (κ3) is 3.96. The highest BCUT2D eigenvalue weighted by Gasteiger charge is 2.53. The van der Waals surface area contributed by atoms with Crippen LogP contribution in [0.2, 0.25) is 0 Å². The second-order valence-electron chi connectivity index (χ2n) is 8.76. The van der Waals surface area contributed by atoms with Crippen molar-refractivity contribution in [3.05, 3.63) is 18.5 Å². The van der Waals surface area contributed by atoms with Crippen LogP contribution in [0.25, 0.3) is 0 Å². The van der Waals surface area contributed by atoms with E-state index in [-0.39, 0.29) is 17.2 Å². The van der Waals surface area contributed by atoms with E-state index in [0.717, 1.165) is 45.0 Å². The Morgan fingerprint density at radius 1 is 1.22 bits per heavy atom. The fourth-order valence-electron chi connectivity index (χ4n) is 5.26. The molecule has 6 nitrogen and oxygen atoms in total. The molecule has 0 bridgehead atoms. The Bertz CT molecular complexity index is 627. The fourth-order valence-corrected chi connectivity index (χ4v) is 5.26. The molecule has 2 aliphatic carbocycles. The van der Waals surface area contributed by atoms with Gasteiger partial charge in [-0.2, -0.15) is 0 Å². The highest BCUT2D eigenvalue weighted by atomic mass is 16.2. The van der Waals surface area contributed by atoms with Gasteiger partial charge in [0, 0.05) is 50.0 Å². The molecule has 1 amide bonds. The van der Waals surface area contributed by atoms with Gasteiger partial charge in [0.05, 0.1) is 5.92 Å². The number of carbonyl (C=O) groups is 1. The number of hydrogen-bond acceptors (Lipinski definition) is 5. The highest BCUT2D eigenvalue weighted by Crippen LogP contribution is 2.52. The molecular formula is C21H33N5O. The summed E-state index contributed by atoms with van der Waals surface area (Å²) in [5.74, 6) is 1.05. The lowest BCUT2D eigenvalue weighted by atomic mass is 9.62. The Balaban J connectivity index is 1.31. The number of hydrogen-bond donors (Lipinski definition) is 1. The van der Waals surface area contributed by atoms with Crippen molar-refractivity contribution >= 4 is 11.9 Å². The zero-order valence-corrected chi connectivity index (χ0v) is 16.6. The summed E-state index contributed by atoms with van der Waals surface area (Å²) in [7, 11) is 2.21. The molecular weight excluding hydrogens is 338 g/mol. The summed E-state index contributed by atoms with van der Waals surface area (Å²) in [4.78, 5) is 26.4. The first-order valence-electron chi connectivity index (χ1n) is 10.7. The van der Waals surface area contributed by atoms with E-state index in [2.05, 4.69) is 32.1 Å². The maximum atomic E-state index is 13.0. The van der Waals surface area contributed by atoms with Crippen molar-refractivity contribution in [3.63, 3.8) is 0 Å². The minimum Gasteiger partial charge on any atom is -0.354 e. The van der Waals surface area contributed by atoms with Crippen LogP contribution in [0, 0.1) is 11.3 Å². The summed E-state index contributed by atoms with van der Waals surface area (Å²) in [6.45, 7) is 3.35. The second-order valence-corrected chi connectivity index (χ2v) is 8.76. The van der Waals surface area contributed by atoms with Gasteiger partial charge in [-0.25, -0.2) is 9.97 Å². The number of nitrogens with one attached hydrogen (secondary N) is 1. The largest absolute Gasteiger partial charge is 0.354 e. The van der Waals surface area contributed by atoms with Crippen LogP contribution in [0.15, 0.2) is 18.5 Å². The van der Waals surface area contributed by atoms with Gasteiger partial charge >= 0.3 is 0 Å². The summed E-state index contributed by atoms with van der Waals surface area (Å²) in [5.41, 5.74) is 0.137. The highest BCUT2D eigenvalue weighted by molar-refractivity contribution is 5.81. The number of nitrogens with zero attached hydrogens (tertiary/aromatic N) is 4. The van der Waals surface area contributed by atoms with Gasteiger partial charge in [0.15, 0.2) is 0 Å². The van der Waals surface area contributed by atoms with E-state index in [1.807, 2.05) is 6.07 Å². The van der Waals surface area contributed by atoms with Crippen molar-refractivity contribution in [1.82, 2.24) is 20.2 Å². The van der Waals surface area contributed by atoms with Gasteiger partial charge in [-0.05, 0) is 38.8 Å². The zero-order valence-electron chi connectivity index (χ0n) is 16.6. The summed E-state index contributed by atoms with van der Waals surface area (Å²) in [6.07, 6.45) is 13.8. The first-order chi connectivity index (χ1) is 13.2. The maximum absolute atomic E-state index is 13.0. The molecule has 2 heterocycles. The van der Waals surface area contributed by atoms with Crippen LogP contribution < -0.4 is 10.2 Å². The normalized spacial score (nSPS) is 25.0. The first kappa shape index (κ1) is 18.7. The summed E-state index contributed by atoms with van der Waals surface area (Å²) >= 11 is 0. The minimum absolute atomic E-state index is 0.0649. The van der Waals surface area contributed by atoms with E-state index >= 15 is 0 Å². The van der Waals surface area contributed by atoms with Crippen LogP contribution in [0.5, 0.6) is 0 Å². The van der Waals surface area contributed by atoms with E-state index in [9.17, 15) is 4.79 Å². The van der Waals surface area contributed by atoms with Crippen molar-refractivity contribution in [2.45, 2.75) is 57.4 Å². The molecule has 1 aliphatic heterocycles. The van der Waals surface area contributed by atoms with Crippen LogP contribution in [-0.4, -0.2) is 60.0 Å². The van der Waals surface area contributed by atoms with Gasteiger partial charge in [-0.3, -0.25) is 4.79 Å². The molecule has 3 fully saturated rings. The van der Waals surface area contributed by atoms with Crippen LogP contribution >= 0.6 is 0 Å². The molecule has 0 aromatic carbocycles. The minimum atomic E-state index is 0.0649. The lowest BCUT2D eigenvalue weighted by molar-refractivity contribution is -0.129. The van der Waals surface area contributed by atoms with Crippen LogP contribution in [0.1, 0.15) is 51.4 Å². The Morgan fingerprint density at radius 3 is 2.63 bits per heavy atom. The molecule has 3 aliphatic rings. The monoisotopic (exact) mass is 371 g/mol. The lowest BCUT2D eigenvalue weighted by Gasteiger charge is -2.42. The number of likely N-dealkylation sites (N-methyl/N-ethyl adjacent to an activating group) is 1. The standard InChI is InChI=1S/C21H33N5O/c1-25(17-7-3-2-4-8-17)14-13-22-19(27)18-15-26(16-21(18)9-5-10-21)20-23-11-6-12-24-20/h6,11-12,17-18H,2-5,7-10,13-16H2,1H3,(H,22,27). The molecule has 1 aromatic rings. The SMILES string of the molecule is CN(CCNC(=O)C1CN(c2ncccn2)CC12CCC2)C1CCCCC1. The Kier molecular flexibility index (Phi) is 5.62. The average molecular weight is 372 g/mol. The fraction of sp³-hybridized carbons (Fsp3) is 0.762. The molecule has 0 radical (unpaired) electrons. The van der Waals surface area contributed by atoms with E-state index in [1.165, 1.54) is 38.5 Å². The first-order valence-corrected chi connectivity index (χ1v) is 10.7. The molecule has 1 N–H and O–H groups in total.